The lowest BCUT2D eigenvalue weighted by Crippen LogP contribution is -2.17. The van der Waals surface area contributed by atoms with Gasteiger partial charge in [-0.25, -0.2) is 0 Å². The van der Waals surface area contributed by atoms with Gasteiger partial charge in [0.1, 0.15) is 24.7 Å². The molecule has 2 aromatic carbocycles. The molecule has 0 saturated carbocycles. The molecule has 2 N–H and O–H groups in total. The highest BCUT2D eigenvalue weighted by Gasteiger charge is 2.10. The lowest BCUT2D eigenvalue weighted by atomic mass is 10.1. The van der Waals surface area contributed by atoms with Crippen LogP contribution in [-0.2, 0) is 27.4 Å². The zero-order chi connectivity index (χ0) is 22.2. The summed E-state index contributed by atoms with van der Waals surface area (Å²) in [4.78, 5) is 23.8. The molecule has 0 bridgehead atoms. The number of carbonyl (C=O) groups is 2. The summed E-state index contributed by atoms with van der Waals surface area (Å²) in [5.41, 5.74) is 3.90. The van der Waals surface area contributed by atoms with Crippen LogP contribution in [0.3, 0.4) is 0 Å². The van der Waals surface area contributed by atoms with Gasteiger partial charge >= 0.3 is 0 Å². The number of ether oxygens (including phenoxy) is 2. The molecule has 1 heterocycles. The van der Waals surface area contributed by atoms with Crippen molar-refractivity contribution >= 4 is 23.2 Å². The van der Waals surface area contributed by atoms with E-state index in [1.54, 1.807) is 24.3 Å². The molecule has 0 aliphatic heterocycles. The van der Waals surface area contributed by atoms with Crippen LogP contribution in [0.1, 0.15) is 22.6 Å². The van der Waals surface area contributed by atoms with Crippen molar-refractivity contribution in [2.75, 3.05) is 24.4 Å². The number of carbonyl (C=O) groups excluding carboxylic acids is 2. The number of aryl methyl sites for hydroxylation is 2. The molecule has 0 fully saturated rings. The van der Waals surface area contributed by atoms with Crippen molar-refractivity contribution in [3.63, 3.8) is 0 Å². The number of hydrogen-bond acceptors (Lipinski definition) is 6. The minimum Gasteiger partial charge on any atom is -0.489 e. The first kappa shape index (κ1) is 22.0. The van der Waals surface area contributed by atoms with E-state index in [1.807, 2.05) is 38.1 Å². The lowest BCUT2D eigenvalue weighted by Gasteiger charge is -2.09. The Morgan fingerprint density at radius 2 is 1.55 bits per heavy atom. The molecule has 31 heavy (non-hydrogen) atoms. The van der Waals surface area contributed by atoms with E-state index >= 15 is 0 Å². The summed E-state index contributed by atoms with van der Waals surface area (Å²) in [6, 6.07) is 14.3. The summed E-state index contributed by atoms with van der Waals surface area (Å²) in [5.74, 6) is 1.07. The minimum absolute atomic E-state index is 0.0118. The number of nitrogens with zero attached hydrogens (tertiary/aromatic N) is 1. The number of anilines is 2. The van der Waals surface area contributed by atoms with Crippen LogP contribution in [0.2, 0.25) is 0 Å². The molecule has 1 aromatic heterocycles. The second-order valence-corrected chi connectivity index (χ2v) is 7.02. The number of hydrogen-bond donors (Lipinski definition) is 2. The first-order valence-electron chi connectivity index (χ1n) is 9.77. The topological polar surface area (TPSA) is 103 Å². The molecule has 0 saturated heterocycles. The third-order valence-corrected chi connectivity index (χ3v) is 4.58. The van der Waals surface area contributed by atoms with Gasteiger partial charge in [0, 0.05) is 18.5 Å². The molecule has 0 spiro atoms. The molecular formula is C23H25N3O5. The van der Waals surface area contributed by atoms with Crippen LogP contribution >= 0.6 is 0 Å². The summed E-state index contributed by atoms with van der Waals surface area (Å²) < 4.78 is 15.7. The minimum atomic E-state index is -0.238. The van der Waals surface area contributed by atoms with Crippen LogP contribution in [-0.4, -0.2) is 30.7 Å². The summed E-state index contributed by atoms with van der Waals surface area (Å²) in [6.07, 6.45) is 0.233. The van der Waals surface area contributed by atoms with Crippen LogP contribution < -0.4 is 15.4 Å². The van der Waals surface area contributed by atoms with Gasteiger partial charge in [0.15, 0.2) is 0 Å². The second kappa shape index (κ2) is 10.4. The maximum Gasteiger partial charge on any atom is 0.250 e. The number of aromatic nitrogens is 1. The molecule has 0 radical (unpaired) electrons. The van der Waals surface area contributed by atoms with Crippen LogP contribution in [0.25, 0.3) is 0 Å². The van der Waals surface area contributed by atoms with Crippen LogP contribution in [0.4, 0.5) is 11.4 Å². The highest BCUT2D eigenvalue weighted by Crippen LogP contribution is 2.19. The average Bonchev–Trinajstić information content (AvgIpc) is 3.06. The highest BCUT2D eigenvalue weighted by atomic mass is 16.5. The zero-order valence-corrected chi connectivity index (χ0v) is 17.7. The maximum atomic E-state index is 12.3. The Bertz CT molecular complexity index is 1010. The van der Waals surface area contributed by atoms with Gasteiger partial charge in [-0.15, -0.1) is 0 Å². The van der Waals surface area contributed by atoms with E-state index in [1.165, 1.54) is 7.11 Å². The van der Waals surface area contributed by atoms with Crippen LogP contribution in [0.5, 0.6) is 5.75 Å². The van der Waals surface area contributed by atoms with Crippen LogP contribution in [0.15, 0.2) is 53.1 Å². The van der Waals surface area contributed by atoms with Crippen molar-refractivity contribution < 1.29 is 23.6 Å². The number of amides is 2. The van der Waals surface area contributed by atoms with E-state index in [0.717, 1.165) is 22.6 Å². The fourth-order valence-electron chi connectivity index (χ4n) is 2.92. The third-order valence-electron chi connectivity index (χ3n) is 4.58. The summed E-state index contributed by atoms with van der Waals surface area (Å²) in [7, 11) is 1.46. The normalized spacial score (nSPS) is 10.5. The molecule has 8 heteroatoms. The van der Waals surface area contributed by atoms with Crippen molar-refractivity contribution in [2.45, 2.75) is 26.9 Å². The lowest BCUT2D eigenvalue weighted by molar-refractivity contribution is -0.119. The van der Waals surface area contributed by atoms with Gasteiger partial charge in [0.25, 0.3) is 0 Å². The van der Waals surface area contributed by atoms with Gasteiger partial charge in [0.05, 0.1) is 17.7 Å². The Hall–Kier alpha value is -3.65. The highest BCUT2D eigenvalue weighted by molar-refractivity contribution is 5.94. The van der Waals surface area contributed by atoms with Gasteiger partial charge in [0.2, 0.25) is 11.8 Å². The van der Waals surface area contributed by atoms with Gasteiger partial charge in [-0.3, -0.25) is 9.59 Å². The Morgan fingerprint density at radius 3 is 2.10 bits per heavy atom. The predicted molar refractivity (Wildman–Crippen MR) is 116 cm³/mol. The monoisotopic (exact) mass is 423 g/mol. The molecule has 0 unspecified atom stereocenters. The predicted octanol–water partition coefficient (Wildman–Crippen LogP) is 3.64. The molecule has 3 rings (SSSR count). The SMILES string of the molecule is COCC(=O)Nc1ccc(NC(=O)Cc2ccc(OCc3c(C)noc3C)cc2)cc1. The number of methoxy groups -OCH3 is 1. The first-order chi connectivity index (χ1) is 14.9. The number of rotatable bonds is 9. The Morgan fingerprint density at radius 1 is 0.935 bits per heavy atom. The number of nitrogens with one attached hydrogen (secondary N) is 2. The Labute approximate surface area is 180 Å². The van der Waals surface area contributed by atoms with Gasteiger partial charge < -0.3 is 24.6 Å². The maximum absolute atomic E-state index is 12.3. The second-order valence-electron chi connectivity index (χ2n) is 7.02. The van der Waals surface area contributed by atoms with Gasteiger partial charge in [-0.1, -0.05) is 17.3 Å². The summed E-state index contributed by atoms with van der Waals surface area (Å²) >= 11 is 0. The van der Waals surface area contributed by atoms with Gasteiger partial charge in [-0.2, -0.15) is 0 Å². The first-order valence-corrected chi connectivity index (χ1v) is 9.77. The standard InChI is InChI=1S/C23H25N3O5/c1-15-21(16(2)31-26-15)13-30-20-10-4-17(5-11-20)12-22(27)24-18-6-8-19(9-7-18)25-23(28)14-29-3/h4-11H,12-14H2,1-3H3,(H,24,27)(H,25,28). The molecule has 0 atom stereocenters. The third kappa shape index (κ3) is 6.42. The average molecular weight is 423 g/mol. The fraction of sp³-hybridized carbons (Fsp3) is 0.261. The quantitative estimate of drug-likeness (QED) is 0.545. The molecule has 0 aliphatic carbocycles. The van der Waals surface area contributed by atoms with E-state index in [2.05, 4.69) is 15.8 Å². The molecule has 8 nitrogen and oxygen atoms in total. The molecule has 3 aromatic rings. The Kier molecular flexibility index (Phi) is 7.40. The van der Waals surface area contributed by atoms with Crippen molar-refractivity contribution in [2.24, 2.45) is 0 Å². The zero-order valence-electron chi connectivity index (χ0n) is 17.7. The van der Waals surface area contributed by atoms with E-state index in [4.69, 9.17) is 14.0 Å². The van der Waals surface area contributed by atoms with Crippen molar-refractivity contribution in [3.05, 3.63) is 71.1 Å². The van der Waals surface area contributed by atoms with E-state index < -0.39 is 0 Å². The molecule has 0 aliphatic rings. The van der Waals surface area contributed by atoms with Crippen LogP contribution in [0, 0.1) is 13.8 Å². The largest absolute Gasteiger partial charge is 0.489 e. The van der Waals surface area contributed by atoms with Crippen molar-refractivity contribution in [1.29, 1.82) is 0 Å². The van der Waals surface area contributed by atoms with Crippen molar-refractivity contribution in [1.82, 2.24) is 5.16 Å². The van der Waals surface area contributed by atoms with E-state index in [-0.39, 0.29) is 24.8 Å². The van der Waals surface area contributed by atoms with Gasteiger partial charge in [-0.05, 0) is 55.8 Å². The molecule has 162 valence electrons. The summed E-state index contributed by atoms with van der Waals surface area (Å²) in [5, 5.41) is 9.45. The summed E-state index contributed by atoms with van der Waals surface area (Å²) in [6.45, 7) is 4.10. The number of benzene rings is 2. The smallest absolute Gasteiger partial charge is 0.250 e. The molecule has 2 amide bonds. The molecular weight excluding hydrogens is 398 g/mol. The van der Waals surface area contributed by atoms with E-state index in [9.17, 15) is 9.59 Å². The Balaban J connectivity index is 1.48. The van der Waals surface area contributed by atoms with Crippen molar-refractivity contribution in [3.8, 4) is 5.75 Å². The van der Waals surface area contributed by atoms with E-state index in [0.29, 0.717) is 23.7 Å². The fourth-order valence-corrected chi connectivity index (χ4v) is 2.92.